The van der Waals surface area contributed by atoms with E-state index in [-0.39, 0.29) is 0 Å². The third kappa shape index (κ3) is 2.28. The first-order valence-electron chi connectivity index (χ1n) is 6.13. The predicted molar refractivity (Wildman–Crippen MR) is 71.0 cm³/mol. The van der Waals surface area contributed by atoms with Crippen LogP contribution < -0.4 is 15.4 Å². The largest absolute Gasteiger partial charge is 0.496 e. The smallest absolute Gasteiger partial charge is 0.310 e. The van der Waals surface area contributed by atoms with E-state index in [9.17, 15) is 9.59 Å². The van der Waals surface area contributed by atoms with Crippen molar-refractivity contribution in [2.24, 2.45) is 0 Å². The van der Waals surface area contributed by atoms with Gasteiger partial charge in [-0.2, -0.15) is 0 Å². The van der Waals surface area contributed by atoms with Crippen LogP contribution in [-0.2, 0) is 15.1 Å². The number of nitrogens with one attached hydrogen (secondary N) is 2. The fraction of sp³-hybridized carbons (Fsp3) is 0.429. The molecule has 1 aromatic carbocycles. The van der Waals surface area contributed by atoms with Crippen LogP contribution in [0.2, 0.25) is 0 Å². The van der Waals surface area contributed by atoms with Gasteiger partial charge in [-0.05, 0) is 44.0 Å². The first-order chi connectivity index (χ1) is 8.87. The van der Waals surface area contributed by atoms with Crippen molar-refractivity contribution in [3.05, 3.63) is 28.8 Å². The molecule has 1 aliphatic rings. The SMILES string of the molecule is COc1cc(C)c(C)cc1C1(C)CNC(=O)C(=O)N1. The number of carbonyl (C=O) groups excluding carboxylic acids is 2. The van der Waals surface area contributed by atoms with Gasteiger partial charge in [0, 0.05) is 12.1 Å². The third-order valence-corrected chi connectivity index (χ3v) is 3.61. The Kier molecular flexibility index (Phi) is 3.22. The summed E-state index contributed by atoms with van der Waals surface area (Å²) >= 11 is 0. The van der Waals surface area contributed by atoms with Crippen molar-refractivity contribution >= 4 is 11.8 Å². The molecule has 0 saturated carbocycles. The fourth-order valence-corrected chi connectivity index (χ4v) is 2.24. The van der Waals surface area contributed by atoms with E-state index in [0.717, 1.165) is 16.7 Å². The Morgan fingerprint density at radius 3 is 2.37 bits per heavy atom. The van der Waals surface area contributed by atoms with Crippen molar-refractivity contribution in [2.45, 2.75) is 26.3 Å². The summed E-state index contributed by atoms with van der Waals surface area (Å²) in [7, 11) is 1.60. The minimum absolute atomic E-state index is 0.344. The van der Waals surface area contributed by atoms with Crippen LogP contribution in [0.3, 0.4) is 0 Å². The van der Waals surface area contributed by atoms with Crippen LogP contribution in [0.4, 0.5) is 0 Å². The van der Waals surface area contributed by atoms with Crippen LogP contribution >= 0.6 is 0 Å². The average Bonchev–Trinajstić information content (AvgIpc) is 2.37. The number of aryl methyl sites for hydroxylation is 2. The van der Waals surface area contributed by atoms with Crippen LogP contribution in [0, 0.1) is 13.8 Å². The first-order valence-corrected chi connectivity index (χ1v) is 6.13. The third-order valence-electron chi connectivity index (χ3n) is 3.61. The topological polar surface area (TPSA) is 67.4 Å². The molecule has 102 valence electrons. The van der Waals surface area contributed by atoms with Crippen molar-refractivity contribution in [3.63, 3.8) is 0 Å². The second-order valence-corrected chi connectivity index (χ2v) is 5.11. The van der Waals surface area contributed by atoms with Gasteiger partial charge in [-0.25, -0.2) is 0 Å². The summed E-state index contributed by atoms with van der Waals surface area (Å²) in [5, 5.41) is 5.35. The monoisotopic (exact) mass is 262 g/mol. The van der Waals surface area contributed by atoms with E-state index in [4.69, 9.17) is 4.74 Å². The Bertz CT molecular complexity index is 554. The van der Waals surface area contributed by atoms with Crippen LogP contribution in [0.1, 0.15) is 23.6 Å². The van der Waals surface area contributed by atoms with Crippen molar-refractivity contribution in [1.82, 2.24) is 10.6 Å². The number of methoxy groups -OCH3 is 1. The Labute approximate surface area is 112 Å². The number of rotatable bonds is 2. The second kappa shape index (κ2) is 4.57. The van der Waals surface area contributed by atoms with Crippen LogP contribution in [0.5, 0.6) is 5.75 Å². The second-order valence-electron chi connectivity index (χ2n) is 5.11. The van der Waals surface area contributed by atoms with Gasteiger partial charge in [0.1, 0.15) is 5.75 Å². The lowest BCUT2D eigenvalue weighted by Crippen LogP contribution is -2.61. The lowest BCUT2D eigenvalue weighted by Gasteiger charge is -2.36. The molecule has 5 heteroatoms. The Morgan fingerprint density at radius 1 is 1.16 bits per heavy atom. The van der Waals surface area contributed by atoms with Crippen molar-refractivity contribution < 1.29 is 14.3 Å². The van der Waals surface area contributed by atoms with Gasteiger partial charge in [0.2, 0.25) is 0 Å². The molecule has 0 aliphatic carbocycles. The molecule has 5 nitrogen and oxygen atoms in total. The molecule has 1 aromatic rings. The molecule has 1 heterocycles. The summed E-state index contributed by atoms with van der Waals surface area (Å²) < 4.78 is 5.40. The summed E-state index contributed by atoms with van der Waals surface area (Å²) in [5.74, 6) is -0.503. The van der Waals surface area contributed by atoms with Crippen molar-refractivity contribution in [3.8, 4) is 5.75 Å². The maximum atomic E-state index is 11.6. The van der Waals surface area contributed by atoms with Crippen LogP contribution in [-0.4, -0.2) is 25.5 Å². The lowest BCUT2D eigenvalue weighted by molar-refractivity contribution is -0.142. The standard InChI is InChI=1S/C14H18N2O3/c1-8-5-10(11(19-4)6-9(8)2)14(3)7-15-12(17)13(18)16-14/h5-6H,7H2,1-4H3,(H,15,17)(H,16,18). The zero-order valence-electron chi connectivity index (χ0n) is 11.6. The average molecular weight is 262 g/mol. The van der Waals surface area contributed by atoms with Gasteiger partial charge in [0.05, 0.1) is 12.6 Å². The molecule has 2 rings (SSSR count). The van der Waals surface area contributed by atoms with Gasteiger partial charge in [0.15, 0.2) is 0 Å². The van der Waals surface area contributed by atoms with E-state index in [1.54, 1.807) is 7.11 Å². The highest BCUT2D eigenvalue weighted by molar-refractivity contribution is 6.35. The summed E-state index contributed by atoms with van der Waals surface area (Å²) in [6.07, 6.45) is 0. The van der Waals surface area contributed by atoms with E-state index in [0.29, 0.717) is 12.3 Å². The molecule has 0 bridgehead atoms. The quantitative estimate of drug-likeness (QED) is 0.774. The number of carbonyl (C=O) groups is 2. The molecule has 0 aromatic heterocycles. The zero-order chi connectivity index (χ0) is 14.2. The van der Waals surface area contributed by atoms with Gasteiger partial charge in [-0.15, -0.1) is 0 Å². The van der Waals surface area contributed by atoms with E-state index in [1.807, 2.05) is 32.9 Å². The first kappa shape index (κ1) is 13.4. The van der Waals surface area contributed by atoms with Gasteiger partial charge < -0.3 is 15.4 Å². The van der Waals surface area contributed by atoms with E-state index < -0.39 is 17.4 Å². The van der Waals surface area contributed by atoms with Gasteiger partial charge in [0.25, 0.3) is 0 Å². The molecular formula is C14H18N2O3. The summed E-state index contributed by atoms with van der Waals surface area (Å²) in [6.45, 7) is 6.23. The van der Waals surface area contributed by atoms with Crippen LogP contribution in [0.15, 0.2) is 12.1 Å². The summed E-state index contributed by atoms with van der Waals surface area (Å²) in [5.41, 5.74) is 2.44. The minimum atomic E-state index is -0.658. The number of piperazine rings is 1. The molecule has 2 N–H and O–H groups in total. The lowest BCUT2D eigenvalue weighted by atomic mass is 9.87. The Morgan fingerprint density at radius 2 is 1.79 bits per heavy atom. The Hall–Kier alpha value is -2.04. The minimum Gasteiger partial charge on any atom is -0.496 e. The molecule has 1 aliphatic heterocycles. The number of hydrogen-bond donors (Lipinski definition) is 2. The summed E-state index contributed by atoms with van der Waals surface area (Å²) in [6, 6.07) is 3.93. The maximum absolute atomic E-state index is 11.6. The van der Waals surface area contributed by atoms with E-state index >= 15 is 0 Å². The fourth-order valence-electron chi connectivity index (χ4n) is 2.24. The maximum Gasteiger partial charge on any atom is 0.310 e. The van der Waals surface area contributed by atoms with Crippen molar-refractivity contribution in [1.29, 1.82) is 0 Å². The molecular weight excluding hydrogens is 244 g/mol. The molecule has 19 heavy (non-hydrogen) atoms. The molecule has 2 amide bonds. The number of hydrogen-bond acceptors (Lipinski definition) is 3. The summed E-state index contributed by atoms with van der Waals surface area (Å²) in [4.78, 5) is 22.8. The molecule has 0 radical (unpaired) electrons. The molecule has 1 saturated heterocycles. The van der Waals surface area contributed by atoms with Gasteiger partial charge in [-0.3, -0.25) is 9.59 Å². The van der Waals surface area contributed by atoms with E-state index in [1.165, 1.54) is 0 Å². The normalized spacial score (nSPS) is 22.7. The predicted octanol–water partition coefficient (Wildman–Crippen LogP) is 0.773. The molecule has 1 unspecified atom stereocenters. The highest BCUT2D eigenvalue weighted by Gasteiger charge is 2.38. The molecule has 0 spiro atoms. The van der Waals surface area contributed by atoms with Gasteiger partial charge in [-0.1, -0.05) is 0 Å². The van der Waals surface area contributed by atoms with Crippen molar-refractivity contribution in [2.75, 3.05) is 13.7 Å². The van der Waals surface area contributed by atoms with Crippen LogP contribution in [0.25, 0.3) is 0 Å². The molecule has 1 fully saturated rings. The Balaban J connectivity index is 2.48. The zero-order valence-corrected chi connectivity index (χ0v) is 11.6. The molecule has 1 atom stereocenters. The van der Waals surface area contributed by atoms with E-state index in [2.05, 4.69) is 10.6 Å². The number of benzene rings is 1. The highest BCUT2D eigenvalue weighted by atomic mass is 16.5. The highest BCUT2D eigenvalue weighted by Crippen LogP contribution is 2.33. The number of ether oxygens (including phenoxy) is 1. The van der Waals surface area contributed by atoms with Gasteiger partial charge >= 0.3 is 11.8 Å². The number of amides is 2.